The van der Waals surface area contributed by atoms with Gasteiger partial charge in [-0.25, -0.2) is 4.79 Å². The van der Waals surface area contributed by atoms with Gasteiger partial charge in [-0.3, -0.25) is 9.69 Å². The van der Waals surface area contributed by atoms with Crippen LogP contribution in [0.1, 0.15) is 18.4 Å². The van der Waals surface area contributed by atoms with E-state index in [0.29, 0.717) is 13.1 Å². The Balaban J connectivity index is 1.48. The third-order valence-electron chi connectivity index (χ3n) is 4.80. The number of nitrogens with zero attached hydrogens (tertiary/aromatic N) is 1. The maximum Gasteiger partial charge on any atom is 0.321 e. The highest BCUT2D eigenvalue weighted by atomic mass is 16.2. The largest absolute Gasteiger partial charge is 0.336 e. The van der Waals surface area contributed by atoms with E-state index in [1.807, 2.05) is 54.6 Å². The maximum atomic E-state index is 12.7. The van der Waals surface area contributed by atoms with E-state index in [9.17, 15) is 9.59 Å². The second-order valence-corrected chi connectivity index (χ2v) is 6.33. The number of hydrogen-bond donors (Lipinski definition) is 2. The molecule has 5 nitrogen and oxygen atoms in total. The summed E-state index contributed by atoms with van der Waals surface area (Å²) in [4.78, 5) is 26.1. The Morgan fingerprint density at radius 3 is 2.33 bits per heavy atom. The summed E-state index contributed by atoms with van der Waals surface area (Å²) in [5.41, 5.74) is 2.29. The van der Waals surface area contributed by atoms with Crippen molar-refractivity contribution in [3.05, 3.63) is 60.2 Å². The number of benzene rings is 2. The van der Waals surface area contributed by atoms with E-state index in [1.54, 1.807) is 4.90 Å². The zero-order chi connectivity index (χ0) is 16.6. The number of carbonyl (C=O) groups excluding carboxylic acids is 2. The lowest BCUT2D eigenvalue weighted by Gasteiger charge is -2.17. The first-order valence-corrected chi connectivity index (χ1v) is 8.21. The molecule has 1 saturated heterocycles. The van der Waals surface area contributed by atoms with Gasteiger partial charge >= 0.3 is 6.03 Å². The Hall–Kier alpha value is -2.82. The molecule has 0 aromatic heterocycles. The lowest BCUT2D eigenvalue weighted by atomic mass is 9.95. The van der Waals surface area contributed by atoms with Gasteiger partial charge in [-0.2, -0.15) is 0 Å². The van der Waals surface area contributed by atoms with Crippen LogP contribution >= 0.6 is 0 Å². The van der Waals surface area contributed by atoms with Crippen LogP contribution in [0.5, 0.6) is 0 Å². The minimum atomic E-state index is -0.380. The van der Waals surface area contributed by atoms with Crippen molar-refractivity contribution in [2.45, 2.75) is 18.3 Å². The molecule has 3 amide bonds. The number of hydrogen-bond acceptors (Lipinski definition) is 2. The summed E-state index contributed by atoms with van der Waals surface area (Å²) < 4.78 is 0. The van der Waals surface area contributed by atoms with E-state index >= 15 is 0 Å². The zero-order valence-electron chi connectivity index (χ0n) is 13.3. The van der Waals surface area contributed by atoms with Crippen LogP contribution in [-0.2, 0) is 10.2 Å². The quantitative estimate of drug-likeness (QED) is 0.909. The summed E-state index contributed by atoms with van der Waals surface area (Å²) in [7, 11) is 0. The van der Waals surface area contributed by atoms with Gasteiger partial charge in [-0.1, -0.05) is 30.3 Å². The molecule has 2 N–H and O–H groups in total. The second-order valence-electron chi connectivity index (χ2n) is 6.33. The Labute approximate surface area is 140 Å². The molecular weight excluding hydrogens is 302 g/mol. The number of anilines is 2. The summed E-state index contributed by atoms with van der Waals surface area (Å²) in [5, 5.41) is 5.79. The molecule has 0 radical (unpaired) electrons. The maximum absolute atomic E-state index is 12.7. The number of carbonyl (C=O) groups is 2. The molecule has 1 aliphatic carbocycles. The van der Waals surface area contributed by atoms with Crippen molar-refractivity contribution in [1.29, 1.82) is 0 Å². The molecule has 0 bridgehead atoms. The molecule has 122 valence electrons. The average Bonchev–Trinajstić information content (AvgIpc) is 3.33. The van der Waals surface area contributed by atoms with E-state index in [-0.39, 0.29) is 17.4 Å². The lowest BCUT2D eigenvalue weighted by Crippen LogP contribution is -2.28. The van der Waals surface area contributed by atoms with Crippen LogP contribution < -0.4 is 15.5 Å². The van der Waals surface area contributed by atoms with Crippen LogP contribution in [0, 0.1) is 0 Å². The van der Waals surface area contributed by atoms with E-state index in [2.05, 4.69) is 10.6 Å². The molecular formula is C19H19N3O2. The van der Waals surface area contributed by atoms with Crippen molar-refractivity contribution in [2.24, 2.45) is 0 Å². The van der Waals surface area contributed by atoms with Crippen LogP contribution in [0.3, 0.4) is 0 Å². The number of amides is 3. The summed E-state index contributed by atoms with van der Waals surface area (Å²) in [5.74, 6) is 0.0420. The summed E-state index contributed by atoms with van der Waals surface area (Å²) >= 11 is 0. The van der Waals surface area contributed by atoms with Crippen molar-refractivity contribution >= 4 is 23.3 Å². The molecule has 0 atom stereocenters. The lowest BCUT2D eigenvalue weighted by molar-refractivity contribution is -0.118. The Morgan fingerprint density at radius 2 is 1.75 bits per heavy atom. The molecule has 0 unspecified atom stereocenters. The smallest absolute Gasteiger partial charge is 0.321 e. The minimum Gasteiger partial charge on any atom is -0.336 e. The predicted octanol–water partition coefficient (Wildman–Crippen LogP) is 2.89. The Bertz CT molecular complexity index is 767. The van der Waals surface area contributed by atoms with Gasteiger partial charge < -0.3 is 10.6 Å². The van der Waals surface area contributed by atoms with Crippen LogP contribution in [0.4, 0.5) is 16.2 Å². The molecule has 1 heterocycles. The van der Waals surface area contributed by atoms with Crippen molar-refractivity contribution in [2.75, 3.05) is 23.3 Å². The first-order chi connectivity index (χ1) is 11.7. The molecule has 2 aromatic rings. The summed E-state index contributed by atoms with van der Waals surface area (Å²) in [6.07, 6.45) is 1.77. The van der Waals surface area contributed by atoms with E-state index in [0.717, 1.165) is 29.8 Å². The third kappa shape index (κ3) is 2.52. The van der Waals surface area contributed by atoms with Crippen molar-refractivity contribution in [3.8, 4) is 0 Å². The van der Waals surface area contributed by atoms with Gasteiger partial charge in [0, 0.05) is 24.5 Å². The van der Waals surface area contributed by atoms with Crippen LogP contribution in [0.2, 0.25) is 0 Å². The van der Waals surface area contributed by atoms with Gasteiger partial charge in [0.2, 0.25) is 5.91 Å². The highest BCUT2D eigenvalue weighted by Gasteiger charge is 2.51. The molecule has 2 fully saturated rings. The first-order valence-electron chi connectivity index (χ1n) is 8.21. The Kier molecular flexibility index (Phi) is 3.49. The third-order valence-corrected chi connectivity index (χ3v) is 4.80. The summed E-state index contributed by atoms with van der Waals surface area (Å²) in [6.45, 7) is 1.33. The molecule has 24 heavy (non-hydrogen) atoms. The van der Waals surface area contributed by atoms with Gasteiger partial charge in [-0.05, 0) is 42.7 Å². The standard InChI is InChI=1S/C19H19N3O2/c23-17(19(10-11-19)14-4-2-1-3-5-14)21-15-6-8-16(9-7-15)22-13-12-20-18(22)24/h1-9H,10-13H2,(H,20,24)(H,21,23). The SMILES string of the molecule is O=C1NCCN1c1ccc(NC(=O)C2(c3ccccc3)CC2)cc1. The number of rotatable bonds is 4. The number of nitrogens with one attached hydrogen (secondary N) is 2. The normalized spacial score (nSPS) is 18.2. The highest BCUT2D eigenvalue weighted by Crippen LogP contribution is 2.48. The minimum absolute atomic E-state index is 0.0420. The number of urea groups is 1. The average molecular weight is 321 g/mol. The second kappa shape index (κ2) is 5.67. The molecule has 1 saturated carbocycles. The fourth-order valence-electron chi connectivity index (χ4n) is 3.22. The molecule has 1 aliphatic heterocycles. The molecule has 0 spiro atoms. The van der Waals surface area contributed by atoms with Gasteiger partial charge in [0.15, 0.2) is 0 Å². The fraction of sp³-hybridized carbons (Fsp3) is 0.263. The van der Waals surface area contributed by atoms with Crippen molar-refractivity contribution in [3.63, 3.8) is 0 Å². The topological polar surface area (TPSA) is 61.4 Å². The van der Waals surface area contributed by atoms with E-state index in [4.69, 9.17) is 0 Å². The molecule has 4 rings (SSSR count). The fourth-order valence-corrected chi connectivity index (χ4v) is 3.22. The molecule has 2 aromatic carbocycles. The summed E-state index contributed by atoms with van der Waals surface area (Å²) in [6, 6.07) is 17.3. The first kappa shape index (κ1) is 14.8. The van der Waals surface area contributed by atoms with Crippen molar-refractivity contribution < 1.29 is 9.59 Å². The van der Waals surface area contributed by atoms with Crippen LogP contribution in [0.25, 0.3) is 0 Å². The van der Waals surface area contributed by atoms with Crippen molar-refractivity contribution in [1.82, 2.24) is 5.32 Å². The zero-order valence-corrected chi connectivity index (χ0v) is 13.3. The van der Waals surface area contributed by atoms with E-state index in [1.165, 1.54) is 0 Å². The van der Waals surface area contributed by atoms with Gasteiger partial charge in [0.25, 0.3) is 0 Å². The monoisotopic (exact) mass is 321 g/mol. The highest BCUT2D eigenvalue weighted by molar-refractivity contribution is 6.01. The Morgan fingerprint density at radius 1 is 1.04 bits per heavy atom. The van der Waals surface area contributed by atoms with Crippen LogP contribution in [-0.4, -0.2) is 25.0 Å². The van der Waals surface area contributed by atoms with Crippen LogP contribution in [0.15, 0.2) is 54.6 Å². The van der Waals surface area contributed by atoms with Gasteiger partial charge in [-0.15, -0.1) is 0 Å². The predicted molar refractivity (Wildman–Crippen MR) is 93.2 cm³/mol. The molecule has 5 heteroatoms. The van der Waals surface area contributed by atoms with Gasteiger partial charge in [0.1, 0.15) is 0 Å². The van der Waals surface area contributed by atoms with E-state index < -0.39 is 0 Å². The molecule has 2 aliphatic rings. The van der Waals surface area contributed by atoms with Gasteiger partial charge in [0.05, 0.1) is 5.41 Å².